The molecule has 0 heterocycles. The van der Waals surface area contributed by atoms with Gasteiger partial charge >= 0.3 is 7.32 Å². The summed E-state index contributed by atoms with van der Waals surface area (Å²) in [5.41, 5.74) is 0. The van der Waals surface area contributed by atoms with E-state index in [9.17, 15) is 0 Å². The monoisotopic (exact) mass is 216 g/mol. The van der Waals surface area contributed by atoms with E-state index in [1.165, 1.54) is 44.9 Å². The van der Waals surface area contributed by atoms with Gasteiger partial charge in [0.2, 0.25) is 0 Å². The molecule has 0 spiro atoms. The summed E-state index contributed by atoms with van der Waals surface area (Å²) in [6.07, 6.45) is 11.3. The van der Waals surface area contributed by atoms with Gasteiger partial charge in [0, 0.05) is 6.61 Å². The zero-order chi connectivity index (χ0) is 11.4. The van der Waals surface area contributed by atoms with Gasteiger partial charge < -0.3 is 14.7 Å². The minimum atomic E-state index is -1.60. The quantitative estimate of drug-likeness (QED) is 0.412. The Morgan fingerprint density at radius 3 is 1.73 bits per heavy atom. The molecular formula is C11H25BO3. The predicted molar refractivity (Wildman–Crippen MR) is 63.4 cm³/mol. The van der Waals surface area contributed by atoms with Crippen molar-refractivity contribution in [2.75, 3.05) is 6.61 Å². The van der Waals surface area contributed by atoms with Crippen molar-refractivity contribution in [3.63, 3.8) is 0 Å². The van der Waals surface area contributed by atoms with Crippen LogP contribution in [0.5, 0.6) is 0 Å². The van der Waals surface area contributed by atoms with Crippen LogP contribution in [0.1, 0.15) is 64.7 Å². The molecule has 0 atom stereocenters. The van der Waals surface area contributed by atoms with Crippen LogP contribution in [0, 0.1) is 0 Å². The van der Waals surface area contributed by atoms with Crippen LogP contribution in [-0.4, -0.2) is 24.0 Å². The van der Waals surface area contributed by atoms with Crippen LogP contribution in [0.2, 0.25) is 0 Å². The van der Waals surface area contributed by atoms with Crippen molar-refractivity contribution in [1.82, 2.24) is 0 Å². The van der Waals surface area contributed by atoms with Crippen molar-refractivity contribution < 1.29 is 14.7 Å². The van der Waals surface area contributed by atoms with Gasteiger partial charge in [0.1, 0.15) is 0 Å². The van der Waals surface area contributed by atoms with Crippen LogP contribution >= 0.6 is 0 Å². The van der Waals surface area contributed by atoms with E-state index in [1.54, 1.807) is 0 Å². The first-order chi connectivity index (χ1) is 7.27. The number of rotatable bonds is 11. The maximum absolute atomic E-state index is 8.41. The molecule has 0 aromatic heterocycles. The first kappa shape index (κ1) is 14.9. The molecule has 4 heteroatoms. The van der Waals surface area contributed by atoms with E-state index < -0.39 is 7.32 Å². The molecule has 0 aromatic rings. The second-order valence-electron chi connectivity index (χ2n) is 4.03. The number of hydrogen-bond donors (Lipinski definition) is 2. The molecule has 2 N–H and O–H groups in total. The van der Waals surface area contributed by atoms with Crippen molar-refractivity contribution >= 4 is 7.32 Å². The highest BCUT2D eigenvalue weighted by Crippen LogP contribution is 2.09. The minimum Gasteiger partial charge on any atom is -0.402 e. The Morgan fingerprint density at radius 1 is 0.800 bits per heavy atom. The first-order valence-electron chi connectivity index (χ1n) is 6.25. The van der Waals surface area contributed by atoms with Crippen molar-refractivity contribution in [3.8, 4) is 0 Å². The smallest absolute Gasteiger partial charge is 0.402 e. The van der Waals surface area contributed by atoms with Gasteiger partial charge in [-0.25, -0.2) is 0 Å². The lowest BCUT2D eigenvalue weighted by Crippen LogP contribution is -2.17. The minimum absolute atomic E-state index is 0.452. The summed E-state index contributed by atoms with van der Waals surface area (Å²) in [7, 11) is -1.60. The van der Waals surface area contributed by atoms with E-state index in [0.717, 1.165) is 12.8 Å². The van der Waals surface area contributed by atoms with Crippen LogP contribution in [-0.2, 0) is 4.65 Å². The molecular weight excluding hydrogens is 191 g/mol. The largest absolute Gasteiger partial charge is 0.633 e. The van der Waals surface area contributed by atoms with Crippen molar-refractivity contribution in [3.05, 3.63) is 0 Å². The lowest BCUT2D eigenvalue weighted by molar-refractivity contribution is 0.182. The molecule has 0 aliphatic rings. The van der Waals surface area contributed by atoms with Crippen molar-refractivity contribution in [2.24, 2.45) is 0 Å². The average molecular weight is 216 g/mol. The van der Waals surface area contributed by atoms with Crippen molar-refractivity contribution in [1.29, 1.82) is 0 Å². The van der Waals surface area contributed by atoms with Crippen LogP contribution in [0.4, 0.5) is 0 Å². The molecule has 0 fully saturated rings. The Morgan fingerprint density at radius 2 is 1.27 bits per heavy atom. The molecule has 15 heavy (non-hydrogen) atoms. The van der Waals surface area contributed by atoms with Crippen molar-refractivity contribution in [2.45, 2.75) is 64.7 Å². The van der Waals surface area contributed by atoms with Gasteiger partial charge in [0.25, 0.3) is 0 Å². The molecule has 0 saturated heterocycles. The van der Waals surface area contributed by atoms with Gasteiger partial charge in [-0.05, 0) is 6.42 Å². The third-order valence-corrected chi connectivity index (χ3v) is 2.51. The molecule has 90 valence electrons. The van der Waals surface area contributed by atoms with E-state index in [1.807, 2.05) is 0 Å². The van der Waals surface area contributed by atoms with Gasteiger partial charge in [-0.15, -0.1) is 0 Å². The average Bonchev–Trinajstić information content (AvgIpc) is 2.20. The Balaban J connectivity index is 2.87. The molecule has 0 aliphatic heterocycles. The zero-order valence-corrected chi connectivity index (χ0v) is 9.95. The van der Waals surface area contributed by atoms with E-state index in [4.69, 9.17) is 10.0 Å². The second-order valence-corrected chi connectivity index (χ2v) is 4.03. The lowest BCUT2D eigenvalue weighted by atomic mass is 10.1. The van der Waals surface area contributed by atoms with Crippen LogP contribution < -0.4 is 0 Å². The lowest BCUT2D eigenvalue weighted by Gasteiger charge is -2.03. The molecule has 0 amide bonds. The summed E-state index contributed by atoms with van der Waals surface area (Å²) in [6, 6.07) is 0. The summed E-state index contributed by atoms with van der Waals surface area (Å²) in [5.74, 6) is 0. The summed E-state index contributed by atoms with van der Waals surface area (Å²) in [6.45, 7) is 2.68. The zero-order valence-electron chi connectivity index (χ0n) is 9.95. The summed E-state index contributed by atoms with van der Waals surface area (Å²) >= 11 is 0. The highest BCUT2D eigenvalue weighted by Gasteiger charge is 2.06. The SMILES string of the molecule is CCCCCCCCCCCOB(O)O. The third-order valence-electron chi connectivity index (χ3n) is 2.51. The molecule has 0 aliphatic carbocycles. The normalized spacial score (nSPS) is 10.6. The molecule has 0 unspecified atom stereocenters. The van der Waals surface area contributed by atoms with Gasteiger partial charge in [-0.3, -0.25) is 0 Å². The molecule has 0 bridgehead atoms. The summed E-state index contributed by atoms with van der Waals surface area (Å²) in [4.78, 5) is 0. The standard InChI is InChI=1S/C11H25BO3/c1-2-3-4-5-6-7-8-9-10-11-15-12(13)14/h13-14H,2-11H2,1H3. The molecule has 3 nitrogen and oxygen atoms in total. The van der Waals surface area contributed by atoms with Gasteiger partial charge in [-0.2, -0.15) is 0 Å². The number of unbranched alkanes of at least 4 members (excludes halogenated alkanes) is 8. The summed E-state index contributed by atoms with van der Waals surface area (Å²) in [5, 5.41) is 16.8. The Labute approximate surface area is 94.0 Å². The number of hydrogen-bond acceptors (Lipinski definition) is 3. The highest BCUT2D eigenvalue weighted by molar-refractivity contribution is 6.32. The van der Waals surface area contributed by atoms with E-state index in [0.29, 0.717) is 6.61 Å². The molecule has 0 rings (SSSR count). The van der Waals surface area contributed by atoms with Gasteiger partial charge in [0.05, 0.1) is 0 Å². The molecule has 0 aromatic carbocycles. The second kappa shape index (κ2) is 12.0. The van der Waals surface area contributed by atoms with Gasteiger partial charge in [0.15, 0.2) is 0 Å². The fourth-order valence-corrected chi connectivity index (χ4v) is 1.60. The topological polar surface area (TPSA) is 49.7 Å². The molecule has 0 saturated carbocycles. The maximum atomic E-state index is 8.41. The third kappa shape index (κ3) is 13.9. The Hall–Kier alpha value is -0.0551. The maximum Gasteiger partial charge on any atom is 0.633 e. The fourth-order valence-electron chi connectivity index (χ4n) is 1.60. The van der Waals surface area contributed by atoms with E-state index in [-0.39, 0.29) is 0 Å². The van der Waals surface area contributed by atoms with Crippen LogP contribution in [0.15, 0.2) is 0 Å². The van der Waals surface area contributed by atoms with Crippen LogP contribution in [0.25, 0.3) is 0 Å². The predicted octanol–water partition coefficient (Wildman–Crippen LogP) is 2.50. The first-order valence-corrected chi connectivity index (χ1v) is 6.25. The van der Waals surface area contributed by atoms with E-state index >= 15 is 0 Å². The van der Waals surface area contributed by atoms with Gasteiger partial charge in [-0.1, -0.05) is 58.3 Å². The summed E-state index contributed by atoms with van der Waals surface area (Å²) < 4.78 is 4.61. The Kier molecular flexibility index (Phi) is 12.0. The fraction of sp³-hybridized carbons (Fsp3) is 1.00. The molecule has 0 radical (unpaired) electrons. The van der Waals surface area contributed by atoms with Crippen LogP contribution in [0.3, 0.4) is 0 Å². The van der Waals surface area contributed by atoms with E-state index in [2.05, 4.69) is 11.6 Å². The Bertz CT molecular complexity index is 120. The highest BCUT2D eigenvalue weighted by atomic mass is 16.6.